The van der Waals surface area contributed by atoms with Crippen LogP contribution < -0.4 is 20.7 Å². The highest BCUT2D eigenvalue weighted by Crippen LogP contribution is 2.42. The van der Waals surface area contributed by atoms with Gasteiger partial charge in [-0.2, -0.15) is 0 Å². The Hall–Kier alpha value is -8.96. The third-order valence-corrected chi connectivity index (χ3v) is 19.6. The lowest BCUT2D eigenvalue weighted by Gasteiger charge is -2.34. The van der Waals surface area contributed by atoms with Crippen LogP contribution in [-0.4, -0.2) is 21.8 Å². The van der Waals surface area contributed by atoms with E-state index in [1.807, 2.05) is 0 Å². The van der Waals surface area contributed by atoms with Gasteiger partial charge in [0.15, 0.2) is 8.07 Å². The molecule has 0 fully saturated rings. The van der Waals surface area contributed by atoms with Crippen molar-refractivity contribution in [1.82, 2.24) is 13.7 Å². The molecule has 0 unspecified atom stereocenters. The highest BCUT2D eigenvalue weighted by atomic mass is 28.3. The van der Waals surface area contributed by atoms with Crippen LogP contribution >= 0.6 is 0 Å². The quantitative estimate of drug-likeness (QED) is 0.107. The Bertz CT molecular complexity index is 4170. The molecule has 4 heteroatoms. The Kier molecular flexibility index (Phi) is 9.23. The summed E-state index contributed by atoms with van der Waals surface area (Å²) in [6.07, 6.45) is 0. The normalized spacial score (nSPS) is 12.0. The molecule has 14 aromatic rings. The van der Waals surface area contributed by atoms with E-state index in [-0.39, 0.29) is 0 Å². The van der Waals surface area contributed by atoms with Crippen molar-refractivity contribution in [3.63, 3.8) is 0 Å². The van der Waals surface area contributed by atoms with E-state index < -0.39 is 8.07 Å². The van der Waals surface area contributed by atoms with E-state index in [0.29, 0.717) is 0 Å². The summed E-state index contributed by atoms with van der Waals surface area (Å²) in [5, 5.41) is 12.9. The van der Waals surface area contributed by atoms with Gasteiger partial charge in [-0.05, 0) is 111 Å². The summed E-state index contributed by atoms with van der Waals surface area (Å²) >= 11 is 0. The molecule has 0 aliphatic rings. The molecule has 14 rings (SSSR count). The number of para-hydroxylation sites is 4. The van der Waals surface area contributed by atoms with Crippen LogP contribution in [0, 0.1) is 0 Å². The number of nitrogens with zero attached hydrogens (tertiary/aromatic N) is 3. The van der Waals surface area contributed by atoms with Crippen molar-refractivity contribution < 1.29 is 0 Å². The average Bonchev–Trinajstić information content (AvgIpc) is 4.08. The van der Waals surface area contributed by atoms with E-state index in [9.17, 15) is 0 Å². The molecule has 0 saturated carbocycles. The molecular formula is C66H45N3Si. The van der Waals surface area contributed by atoms with Gasteiger partial charge in [0.05, 0.1) is 33.1 Å². The first kappa shape index (κ1) is 40.1. The second-order valence-corrected chi connectivity index (χ2v) is 22.2. The Morgan fingerprint density at radius 2 is 0.614 bits per heavy atom. The molecule has 0 saturated heterocycles. The van der Waals surface area contributed by atoms with E-state index in [0.717, 1.165) is 11.4 Å². The molecule has 0 atom stereocenters. The minimum atomic E-state index is -2.67. The molecule has 3 aromatic heterocycles. The predicted octanol–water partition coefficient (Wildman–Crippen LogP) is 14.0. The van der Waals surface area contributed by atoms with Crippen LogP contribution in [0.1, 0.15) is 0 Å². The molecule has 0 aliphatic heterocycles. The fourth-order valence-corrected chi connectivity index (χ4v) is 16.6. The maximum Gasteiger partial charge on any atom is 0.179 e. The minimum Gasteiger partial charge on any atom is -0.309 e. The number of fused-ring (bicyclic) bond motifs is 9. The fraction of sp³-hybridized carbons (Fsp3) is 0. The van der Waals surface area contributed by atoms with Gasteiger partial charge in [-0.1, -0.05) is 194 Å². The molecular weight excluding hydrogens is 863 g/mol. The van der Waals surface area contributed by atoms with E-state index in [1.165, 1.54) is 103 Å². The van der Waals surface area contributed by atoms with Crippen molar-refractivity contribution in [2.75, 3.05) is 0 Å². The van der Waals surface area contributed by atoms with Crippen LogP contribution in [0.3, 0.4) is 0 Å². The van der Waals surface area contributed by atoms with E-state index in [1.54, 1.807) is 0 Å². The van der Waals surface area contributed by atoms with Gasteiger partial charge in [-0.3, -0.25) is 0 Å². The predicted molar refractivity (Wildman–Crippen MR) is 299 cm³/mol. The second kappa shape index (κ2) is 16.1. The first-order valence-corrected chi connectivity index (χ1v) is 26.2. The third kappa shape index (κ3) is 6.00. The standard InChI is InChI=1S/C66H45N3Si/c1-5-20-47(21-6-1)67-60-32-16-13-28-55(60)58-44-46(36-42-63(58)67)54-31-19-35-65-66(54)57-30-15-18-34-62(57)69(65)49-39-43-64-59(45-49)56-29-14-17-33-61(56)68(64)48-37-40-53(41-38-48)70(50-22-7-2-8-23-50,51-24-9-3-10-25-51)52-26-11-4-12-27-52/h1-45H. The molecule has 3 heterocycles. The van der Waals surface area contributed by atoms with Crippen molar-refractivity contribution in [3.8, 4) is 28.2 Å². The Balaban J connectivity index is 0.924. The van der Waals surface area contributed by atoms with Crippen molar-refractivity contribution >= 4 is 94.2 Å². The summed E-state index contributed by atoms with van der Waals surface area (Å²) in [7, 11) is -2.67. The first-order valence-electron chi connectivity index (χ1n) is 24.2. The van der Waals surface area contributed by atoms with Gasteiger partial charge in [-0.25, -0.2) is 0 Å². The molecule has 0 bridgehead atoms. The van der Waals surface area contributed by atoms with Crippen LogP contribution in [0.5, 0.6) is 0 Å². The molecule has 11 aromatic carbocycles. The molecule has 0 aliphatic carbocycles. The number of aromatic nitrogens is 3. The maximum absolute atomic E-state index is 2.67. The monoisotopic (exact) mass is 907 g/mol. The van der Waals surface area contributed by atoms with Gasteiger partial charge in [0, 0.05) is 49.4 Å². The lowest BCUT2D eigenvalue weighted by molar-refractivity contribution is 1.17. The zero-order chi connectivity index (χ0) is 46.2. The third-order valence-electron chi connectivity index (χ3n) is 14.8. The van der Waals surface area contributed by atoms with Crippen LogP contribution in [0.2, 0.25) is 0 Å². The summed E-state index contributed by atoms with van der Waals surface area (Å²) in [6.45, 7) is 0. The molecule has 70 heavy (non-hydrogen) atoms. The molecule has 0 amide bonds. The van der Waals surface area contributed by atoms with Crippen molar-refractivity contribution in [3.05, 3.63) is 273 Å². The summed E-state index contributed by atoms with van der Waals surface area (Å²) in [5.41, 5.74) is 13.0. The smallest absolute Gasteiger partial charge is 0.179 e. The fourth-order valence-electron chi connectivity index (χ4n) is 11.8. The average molecular weight is 908 g/mol. The van der Waals surface area contributed by atoms with Crippen molar-refractivity contribution in [2.24, 2.45) is 0 Å². The van der Waals surface area contributed by atoms with Gasteiger partial charge >= 0.3 is 0 Å². The topological polar surface area (TPSA) is 14.8 Å². The lowest BCUT2D eigenvalue weighted by Crippen LogP contribution is -2.74. The highest BCUT2D eigenvalue weighted by Gasteiger charge is 2.41. The zero-order valence-electron chi connectivity index (χ0n) is 38.3. The van der Waals surface area contributed by atoms with E-state index >= 15 is 0 Å². The van der Waals surface area contributed by atoms with Gasteiger partial charge < -0.3 is 13.7 Å². The van der Waals surface area contributed by atoms with Gasteiger partial charge in [0.2, 0.25) is 0 Å². The zero-order valence-corrected chi connectivity index (χ0v) is 39.3. The van der Waals surface area contributed by atoms with Crippen LogP contribution in [-0.2, 0) is 0 Å². The van der Waals surface area contributed by atoms with Crippen LogP contribution in [0.25, 0.3) is 93.6 Å². The number of hydrogen-bond donors (Lipinski definition) is 0. The van der Waals surface area contributed by atoms with Gasteiger partial charge in [-0.15, -0.1) is 0 Å². The summed E-state index contributed by atoms with van der Waals surface area (Å²) < 4.78 is 7.30. The molecule has 3 nitrogen and oxygen atoms in total. The van der Waals surface area contributed by atoms with Gasteiger partial charge in [0.25, 0.3) is 0 Å². The second-order valence-electron chi connectivity index (χ2n) is 18.4. The summed E-state index contributed by atoms with van der Waals surface area (Å²) in [5.74, 6) is 0. The summed E-state index contributed by atoms with van der Waals surface area (Å²) in [6, 6.07) is 101. The SMILES string of the molecule is c1ccc(-n2c3ccccc3c3cc(-c4cccc5c4c4ccccc4n5-c4ccc5c(c4)c4ccccc4n5-c4ccc([Si](c5ccccc5)(c5ccccc5)c5ccccc5)cc4)ccc32)cc1. The summed E-state index contributed by atoms with van der Waals surface area (Å²) in [4.78, 5) is 0. The molecule has 0 radical (unpaired) electrons. The molecule has 0 spiro atoms. The van der Waals surface area contributed by atoms with Crippen LogP contribution in [0.15, 0.2) is 273 Å². The Morgan fingerprint density at radius 1 is 0.229 bits per heavy atom. The lowest BCUT2D eigenvalue weighted by atomic mass is 9.98. The van der Waals surface area contributed by atoms with Crippen LogP contribution in [0.4, 0.5) is 0 Å². The highest BCUT2D eigenvalue weighted by molar-refractivity contribution is 7.19. The van der Waals surface area contributed by atoms with Crippen molar-refractivity contribution in [2.45, 2.75) is 0 Å². The number of benzene rings is 11. The Morgan fingerprint density at radius 3 is 1.19 bits per heavy atom. The van der Waals surface area contributed by atoms with Gasteiger partial charge in [0.1, 0.15) is 0 Å². The number of hydrogen-bond acceptors (Lipinski definition) is 0. The molecule has 0 N–H and O–H groups in total. The number of rotatable bonds is 8. The first-order chi connectivity index (χ1) is 34.8. The van der Waals surface area contributed by atoms with Crippen molar-refractivity contribution in [1.29, 1.82) is 0 Å². The van der Waals surface area contributed by atoms with E-state index in [4.69, 9.17) is 0 Å². The largest absolute Gasteiger partial charge is 0.309 e. The Labute approximate surface area is 407 Å². The minimum absolute atomic E-state index is 1.14. The van der Waals surface area contributed by atoms with E-state index in [2.05, 4.69) is 287 Å². The maximum atomic E-state index is 2.47. The molecule has 328 valence electrons.